The lowest BCUT2D eigenvalue weighted by atomic mass is 9.70. The van der Waals surface area contributed by atoms with Crippen molar-refractivity contribution in [2.45, 2.75) is 45.0 Å². The minimum absolute atomic E-state index is 0.115. The van der Waals surface area contributed by atoms with Gasteiger partial charge in [0.15, 0.2) is 0 Å². The lowest BCUT2D eigenvalue weighted by Gasteiger charge is -2.36. The number of aliphatic hydroxyl groups is 1. The number of thiol groups is 1. The van der Waals surface area contributed by atoms with Crippen LogP contribution in [-0.4, -0.2) is 16.5 Å². The number of aliphatic hydroxyl groups excluding tert-OH is 1. The molecule has 1 nitrogen and oxygen atoms in total. The lowest BCUT2D eigenvalue weighted by Crippen LogP contribution is -2.37. The summed E-state index contributed by atoms with van der Waals surface area (Å²) >= 11 is 4.51. The zero-order chi connectivity index (χ0) is 9.15. The van der Waals surface area contributed by atoms with Gasteiger partial charge in [-0.3, -0.25) is 0 Å². The summed E-state index contributed by atoms with van der Waals surface area (Å²) in [6.45, 7) is 6.78. The van der Waals surface area contributed by atoms with Gasteiger partial charge in [0.2, 0.25) is 0 Å². The number of rotatable bonds is 0. The first-order valence-corrected chi connectivity index (χ1v) is 5.29. The lowest BCUT2D eigenvalue weighted by molar-refractivity contribution is 0.0150. The molecule has 0 aromatic carbocycles. The molecule has 2 bridgehead atoms. The fraction of sp³-hybridized carbons (Fsp3) is 1.00. The average molecular weight is 186 g/mol. The van der Waals surface area contributed by atoms with E-state index in [-0.39, 0.29) is 22.2 Å². The normalized spacial score (nSPS) is 56.2. The Labute approximate surface area is 80.0 Å². The van der Waals surface area contributed by atoms with Crippen LogP contribution < -0.4 is 0 Å². The van der Waals surface area contributed by atoms with E-state index in [0.717, 1.165) is 0 Å². The van der Waals surface area contributed by atoms with Gasteiger partial charge in [0.25, 0.3) is 0 Å². The molecule has 0 saturated heterocycles. The van der Waals surface area contributed by atoms with Crippen LogP contribution in [0.5, 0.6) is 0 Å². The van der Waals surface area contributed by atoms with E-state index in [0.29, 0.717) is 5.92 Å². The van der Waals surface area contributed by atoms with Gasteiger partial charge in [-0.05, 0) is 29.6 Å². The molecule has 2 saturated carbocycles. The van der Waals surface area contributed by atoms with Crippen molar-refractivity contribution < 1.29 is 5.11 Å². The van der Waals surface area contributed by atoms with Crippen molar-refractivity contribution in [3.63, 3.8) is 0 Å². The Bertz CT molecular complexity index is 214. The van der Waals surface area contributed by atoms with Crippen molar-refractivity contribution in [1.82, 2.24) is 0 Å². The van der Waals surface area contributed by atoms with E-state index >= 15 is 0 Å². The maximum Gasteiger partial charge on any atom is 0.0717 e. The molecule has 0 unspecified atom stereocenters. The minimum atomic E-state index is -0.199. The molecule has 4 atom stereocenters. The summed E-state index contributed by atoms with van der Waals surface area (Å²) in [5, 5.41) is 10.2. The second-order valence-corrected chi connectivity index (χ2v) is 5.82. The van der Waals surface area contributed by atoms with E-state index in [1.165, 1.54) is 12.8 Å². The first kappa shape index (κ1) is 8.89. The van der Waals surface area contributed by atoms with Gasteiger partial charge in [-0.15, -0.1) is 0 Å². The molecule has 2 rings (SSSR count). The van der Waals surface area contributed by atoms with Gasteiger partial charge in [-0.25, -0.2) is 0 Å². The van der Waals surface area contributed by atoms with E-state index < -0.39 is 0 Å². The van der Waals surface area contributed by atoms with Crippen LogP contribution in [0.25, 0.3) is 0 Å². The van der Waals surface area contributed by atoms with Gasteiger partial charge in [0, 0.05) is 5.25 Å². The number of fused-ring (bicyclic) bond motifs is 2. The highest BCUT2D eigenvalue weighted by atomic mass is 32.1. The third-order valence-corrected chi connectivity index (χ3v) is 5.40. The molecule has 0 aromatic rings. The zero-order valence-electron chi connectivity index (χ0n) is 8.04. The third kappa shape index (κ3) is 0.717. The van der Waals surface area contributed by atoms with E-state index in [1.807, 2.05) is 0 Å². The molecule has 0 spiro atoms. The van der Waals surface area contributed by atoms with Crippen molar-refractivity contribution in [2.75, 3.05) is 0 Å². The Morgan fingerprint density at radius 1 is 1.33 bits per heavy atom. The van der Waals surface area contributed by atoms with Crippen molar-refractivity contribution >= 4 is 12.6 Å². The molecule has 0 aliphatic heterocycles. The predicted octanol–water partition coefficient (Wildman–Crippen LogP) is 2.10. The third-order valence-electron chi connectivity index (χ3n) is 4.76. The van der Waals surface area contributed by atoms with Crippen molar-refractivity contribution in [3.05, 3.63) is 0 Å². The molecule has 2 heteroatoms. The van der Waals surface area contributed by atoms with Crippen LogP contribution in [0.15, 0.2) is 0 Å². The molecule has 2 aliphatic rings. The fourth-order valence-corrected chi connectivity index (χ4v) is 4.14. The topological polar surface area (TPSA) is 20.2 Å². The van der Waals surface area contributed by atoms with Crippen LogP contribution in [-0.2, 0) is 0 Å². The standard InChI is InChI=1S/C10H18OS/c1-9(2)6-4-5-10(9,3)8(11)7(6)12/h6-8,11-12H,4-5H2,1-3H3/t6-,7+,8-,10-/m0/s1. The summed E-state index contributed by atoms with van der Waals surface area (Å²) in [4.78, 5) is 0. The number of hydrogen-bond donors (Lipinski definition) is 2. The van der Waals surface area contributed by atoms with E-state index in [2.05, 4.69) is 33.4 Å². The molecule has 70 valence electrons. The highest BCUT2D eigenvalue weighted by Crippen LogP contribution is 2.66. The minimum Gasteiger partial charge on any atom is -0.391 e. The van der Waals surface area contributed by atoms with Crippen LogP contribution in [0, 0.1) is 16.7 Å². The fourth-order valence-electron chi connectivity index (χ4n) is 3.29. The van der Waals surface area contributed by atoms with Crippen LogP contribution in [0.4, 0.5) is 0 Å². The van der Waals surface area contributed by atoms with E-state index in [4.69, 9.17) is 0 Å². The Morgan fingerprint density at radius 2 is 1.92 bits per heavy atom. The molecule has 0 radical (unpaired) electrons. The van der Waals surface area contributed by atoms with Crippen LogP contribution >= 0.6 is 12.6 Å². The Kier molecular flexibility index (Phi) is 1.64. The van der Waals surface area contributed by atoms with Crippen LogP contribution in [0.2, 0.25) is 0 Å². The molecule has 0 heterocycles. The van der Waals surface area contributed by atoms with Gasteiger partial charge < -0.3 is 5.11 Å². The van der Waals surface area contributed by atoms with Crippen molar-refractivity contribution in [2.24, 2.45) is 16.7 Å². The van der Waals surface area contributed by atoms with E-state index in [1.54, 1.807) is 0 Å². The molecular formula is C10H18OS. The smallest absolute Gasteiger partial charge is 0.0717 e. The molecule has 0 aromatic heterocycles. The molecule has 2 aliphatic carbocycles. The van der Waals surface area contributed by atoms with Gasteiger partial charge in [0.05, 0.1) is 6.10 Å². The van der Waals surface area contributed by atoms with Gasteiger partial charge >= 0.3 is 0 Å². The highest BCUT2D eigenvalue weighted by molar-refractivity contribution is 7.81. The molecule has 1 N–H and O–H groups in total. The number of hydrogen-bond acceptors (Lipinski definition) is 2. The Morgan fingerprint density at radius 3 is 2.17 bits per heavy atom. The van der Waals surface area contributed by atoms with Crippen molar-refractivity contribution in [3.8, 4) is 0 Å². The largest absolute Gasteiger partial charge is 0.391 e. The molecule has 0 amide bonds. The quantitative estimate of drug-likeness (QED) is 0.555. The first-order valence-electron chi connectivity index (χ1n) is 4.77. The molecule has 12 heavy (non-hydrogen) atoms. The van der Waals surface area contributed by atoms with Gasteiger partial charge in [-0.2, -0.15) is 12.6 Å². The second-order valence-electron chi connectivity index (χ2n) is 5.22. The summed E-state index contributed by atoms with van der Waals surface area (Å²) in [7, 11) is 0. The molecule has 2 fully saturated rings. The predicted molar refractivity (Wildman–Crippen MR) is 53.4 cm³/mol. The average Bonchev–Trinajstić information content (AvgIpc) is 2.26. The zero-order valence-corrected chi connectivity index (χ0v) is 8.94. The van der Waals surface area contributed by atoms with Crippen LogP contribution in [0.3, 0.4) is 0 Å². The highest BCUT2D eigenvalue weighted by Gasteiger charge is 2.64. The first-order chi connectivity index (χ1) is 5.41. The van der Waals surface area contributed by atoms with Crippen LogP contribution in [0.1, 0.15) is 33.6 Å². The van der Waals surface area contributed by atoms with Crippen molar-refractivity contribution in [1.29, 1.82) is 0 Å². The maximum absolute atomic E-state index is 10.0. The monoisotopic (exact) mass is 186 g/mol. The maximum atomic E-state index is 10.0. The summed E-state index contributed by atoms with van der Waals surface area (Å²) in [5.74, 6) is 0.612. The molecular weight excluding hydrogens is 168 g/mol. The summed E-state index contributed by atoms with van der Waals surface area (Å²) < 4.78 is 0. The SMILES string of the molecule is CC1(C)[C@H]2CC[C@@]1(C)[C@@H](O)[C@@H]2S. The van der Waals surface area contributed by atoms with E-state index in [9.17, 15) is 5.11 Å². The Hall–Kier alpha value is 0.310. The van der Waals surface area contributed by atoms with Gasteiger partial charge in [0.1, 0.15) is 0 Å². The summed E-state index contributed by atoms with van der Waals surface area (Å²) in [5.41, 5.74) is 0.392. The van der Waals surface area contributed by atoms with Gasteiger partial charge in [-0.1, -0.05) is 20.8 Å². The Balaban J connectivity index is 2.44. The summed E-state index contributed by atoms with van der Waals surface area (Å²) in [6, 6.07) is 0. The second kappa shape index (κ2) is 2.21. The summed E-state index contributed by atoms with van der Waals surface area (Å²) in [6.07, 6.45) is 2.21.